The smallest absolute Gasteiger partial charge is 0.270 e. The third kappa shape index (κ3) is 4.81. The van der Waals surface area contributed by atoms with Gasteiger partial charge in [0.1, 0.15) is 12.3 Å². The first-order valence-corrected chi connectivity index (χ1v) is 11.7. The van der Waals surface area contributed by atoms with Gasteiger partial charge in [0, 0.05) is 48.5 Å². The molecule has 1 amide bonds. The molecule has 0 aliphatic carbocycles. The Hall–Kier alpha value is -2.69. The topological polar surface area (TPSA) is 109 Å². The van der Waals surface area contributed by atoms with E-state index in [9.17, 15) is 17.8 Å². The van der Waals surface area contributed by atoms with E-state index < -0.39 is 15.9 Å². The molecule has 0 bridgehead atoms. The molecule has 0 unspecified atom stereocenters. The summed E-state index contributed by atoms with van der Waals surface area (Å²) in [6, 6.07) is 9.22. The van der Waals surface area contributed by atoms with E-state index >= 15 is 0 Å². The summed E-state index contributed by atoms with van der Waals surface area (Å²) in [6.45, 7) is 4.41. The van der Waals surface area contributed by atoms with E-state index in [4.69, 9.17) is 11.6 Å². The molecule has 3 aromatic rings. The second kappa shape index (κ2) is 8.45. The van der Waals surface area contributed by atoms with Crippen molar-refractivity contribution in [3.05, 3.63) is 52.8 Å². The van der Waals surface area contributed by atoms with Crippen molar-refractivity contribution in [2.24, 2.45) is 0 Å². The first kappa shape index (κ1) is 21.5. The van der Waals surface area contributed by atoms with Crippen LogP contribution in [0.5, 0.6) is 0 Å². The van der Waals surface area contributed by atoms with Gasteiger partial charge in [0.2, 0.25) is 5.91 Å². The van der Waals surface area contributed by atoms with Gasteiger partial charge in [-0.25, -0.2) is 9.67 Å². The molecule has 1 aromatic carbocycles. The molecule has 1 fully saturated rings. The number of pyridine rings is 1. The maximum absolute atomic E-state index is 12.9. The molecule has 1 aliphatic heterocycles. The first-order valence-electron chi connectivity index (χ1n) is 9.76. The molecule has 164 valence electrons. The highest BCUT2D eigenvalue weighted by Crippen LogP contribution is 2.24. The summed E-state index contributed by atoms with van der Waals surface area (Å²) in [7, 11) is -4.26. The van der Waals surface area contributed by atoms with Gasteiger partial charge in [0.05, 0.1) is 5.69 Å². The van der Waals surface area contributed by atoms with E-state index in [1.807, 2.05) is 25.1 Å². The van der Waals surface area contributed by atoms with Crippen LogP contribution in [0, 0.1) is 6.92 Å². The van der Waals surface area contributed by atoms with E-state index in [1.165, 1.54) is 4.68 Å². The first-order chi connectivity index (χ1) is 14.7. The maximum atomic E-state index is 12.9. The van der Waals surface area contributed by atoms with Gasteiger partial charge in [-0.1, -0.05) is 11.6 Å². The van der Waals surface area contributed by atoms with Crippen molar-refractivity contribution in [1.82, 2.24) is 19.7 Å². The number of hydrogen-bond acceptors (Lipinski definition) is 6. The van der Waals surface area contributed by atoms with Gasteiger partial charge in [0.25, 0.3) is 10.1 Å². The minimum absolute atomic E-state index is 0.0565. The SMILES string of the molecule is Cc1cc(N2CCN(C(=O)Cn3nc(CS(=O)(=O)O)c4cccnc43)CC2)ccc1Cl. The lowest BCUT2D eigenvalue weighted by Gasteiger charge is -2.36. The van der Waals surface area contributed by atoms with Crippen molar-refractivity contribution >= 4 is 44.3 Å². The Morgan fingerprint density at radius 1 is 1.19 bits per heavy atom. The number of halogens is 1. The number of nitrogens with zero attached hydrogens (tertiary/aromatic N) is 5. The predicted molar refractivity (Wildman–Crippen MR) is 118 cm³/mol. The lowest BCUT2D eigenvalue weighted by molar-refractivity contribution is -0.132. The molecule has 2 aromatic heterocycles. The second-order valence-corrected chi connectivity index (χ2v) is 9.37. The number of anilines is 1. The zero-order chi connectivity index (χ0) is 22.2. The number of amides is 1. The van der Waals surface area contributed by atoms with Gasteiger partial charge in [-0.15, -0.1) is 0 Å². The Balaban J connectivity index is 1.46. The average Bonchev–Trinajstić information content (AvgIpc) is 3.06. The Bertz CT molecular complexity index is 1240. The van der Waals surface area contributed by atoms with Crippen LogP contribution in [0.3, 0.4) is 0 Å². The summed E-state index contributed by atoms with van der Waals surface area (Å²) in [5, 5.41) is 5.46. The van der Waals surface area contributed by atoms with E-state index in [-0.39, 0.29) is 18.1 Å². The van der Waals surface area contributed by atoms with Gasteiger partial charge in [-0.05, 0) is 42.8 Å². The molecule has 3 heterocycles. The number of carbonyl (C=O) groups is 1. The molecule has 1 saturated heterocycles. The summed E-state index contributed by atoms with van der Waals surface area (Å²) >= 11 is 6.11. The zero-order valence-electron chi connectivity index (χ0n) is 16.9. The molecule has 31 heavy (non-hydrogen) atoms. The highest BCUT2D eigenvalue weighted by molar-refractivity contribution is 7.85. The molecule has 11 heteroatoms. The van der Waals surface area contributed by atoms with Crippen LogP contribution in [0.4, 0.5) is 5.69 Å². The Morgan fingerprint density at radius 3 is 2.61 bits per heavy atom. The monoisotopic (exact) mass is 463 g/mol. The van der Waals surface area contributed by atoms with Gasteiger partial charge in [0.15, 0.2) is 5.65 Å². The van der Waals surface area contributed by atoms with Crippen LogP contribution in [0.25, 0.3) is 11.0 Å². The molecular weight excluding hydrogens is 442 g/mol. The van der Waals surface area contributed by atoms with Crippen molar-refractivity contribution in [3.8, 4) is 0 Å². The second-order valence-electron chi connectivity index (χ2n) is 7.51. The number of aryl methyl sites for hydroxylation is 1. The lowest BCUT2D eigenvalue weighted by atomic mass is 10.2. The van der Waals surface area contributed by atoms with E-state index in [1.54, 1.807) is 23.2 Å². The number of fused-ring (bicyclic) bond motifs is 1. The Labute approximate surface area is 185 Å². The summed E-state index contributed by atoms with van der Waals surface area (Å²) in [6.07, 6.45) is 1.55. The number of benzene rings is 1. The number of piperazine rings is 1. The fourth-order valence-electron chi connectivity index (χ4n) is 3.73. The highest BCUT2D eigenvalue weighted by atomic mass is 35.5. The molecule has 0 radical (unpaired) electrons. The quantitative estimate of drug-likeness (QED) is 0.577. The van der Waals surface area contributed by atoms with Crippen molar-refractivity contribution in [3.63, 3.8) is 0 Å². The zero-order valence-corrected chi connectivity index (χ0v) is 18.5. The maximum Gasteiger partial charge on any atom is 0.270 e. The van der Waals surface area contributed by atoms with Crippen molar-refractivity contribution in [2.45, 2.75) is 19.2 Å². The van der Waals surface area contributed by atoms with Crippen molar-refractivity contribution in [1.29, 1.82) is 0 Å². The van der Waals surface area contributed by atoms with Gasteiger partial charge in [-0.3, -0.25) is 9.35 Å². The van der Waals surface area contributed by atoms with E-state index in [0.29, 0.717) is 37.2 Å². The summed E-state index contributed by atoms with van der Waals surface area (Å²) < 4.78 is 33.2. The third-order valence-electron chi connectivity index (χ3n) is 5.33. The van der Waals surface area contributed by atoms with Crippen LogP contribution >= 0.6 is 11.6 Å². The molecule has 1 aliphatic rings. The third-order valence-corrected chi connectivity index (χ3v) is 6.39. The van der Waals surface area contributed by atoms with Crippen molar-refractivity contribution < 1.29 is 17.8 Å². The average molecular weight is 464 g/mol. The fraction of sp³-hybridized carbons (Fsp3) is 0.350. The number of carbonyl (C=O) groups excluding carboxylic acids is 1. The molecule has 0 atom stereocenters. The van der Waals surface area contributed by atoms with Gasteiger partial charge in [-0.2, -0.15) is 13.5 Å². The number of hydrogen-bond donors (Lipinski definition) is 1. The normalized spacial score (nSPS) is 14.9. The Kier molecular flexibility index (Phi) is 5.87. The molecular formula is C20H22ClN5O4S. The van der Waals surface area contributed by atoms with Crippen molar-refractivity contribution in [2.75, 3.05) is 31.1 Å². The van der Waals surface area contributed by atoms with Crippen LogP contribution in [-0.2, 0) is 27.2 Å². The molecule has 1 N–H and O–H groups in total. The number of rotatable bonds is 5. The summed E-state index contributed by atoms with van der Waals surface area (Å²) in [5.41, 5.74) is 2.66. The van der Waals surface area contributed by atoms with Crippen LogP contribution in [0.15, 0.2) is 36.5 Å². The number of aromatic nitrogens is 3. The fourth-order valence-corrected chi connectivity index (χ4v) is 4.41. The standard InChI is InChI=1S/C20H22ClN5O4S/c1-14-11-15(4-5-17(14)21)24-7-9-25(10-8-24)19(27)12-26-20-16(3-2-6-22-20)18(23-26)13-31(28,29)30/h2-6,11H,7-10,12-13H2,1H3,(H,28,29,30). The molecule has 0 saturated carbocycles. The minimum atomic E-state index is -4.26. The van der Waals surface area contributed by atoms with E-state index in [0.717, 1.165) is 16.3 Å². The largest absolute Gasteiger partial charge is 0.368 e. The van der Waals surface area contributed by atoms with Crippen LogP contribution in [-0.4, -0.2) is 64.7 Å². The van der Waals surface area contributed by atoms with Crippen LogP contribution < -0.4 is 4.90 Å². The molecule has 0 spiro atoms. The van der Waals surface area contributed by atoms with Crippen LogP contribution in [0.1, 0.15) is 11.3 Å². The minimum Gasteiger partial charge on any atom is -0.368 e. The molecule has 9 nitrogen and oxygen atoms in total. The molecule has 4 rings (SSSR count). The van der Waals surface area contributed by atoms with Crippen LogP contribution in [0.2, 0.25) is 5.02 Å². The van der Waals surface area contributed by atoms with Gasteiger partial charge >= 0.3 is 0 Å². The predicted octanol–water partition coefficient (Wildman–Crippen LogP) is 2.13. The summed E-state index contributed by atoms with van der Waals surface area (Å²) in [4.78, 5) is 21.1. The summed E-state index contributed by atoms with van der Waals surface area (Å²) in [5.74, 6) is -0.754. The lowest BCUT2D eigenvalue weighted by Crippen LogP contribution is -2.49. The Morgan fingerprint density at radius 2 is 1.94 bits per heavy atom. The van der Waals surface area contributed by atoms with E-state index in [2.05, 4.69) is 15.0 Å². The van der Waals surface area contributed by atoms with Gasteiger partial charge < -0.3 is 9.80 Å². The highest BCUT2D eigenvalue weighted by Gasteiger charge is 2.24.